The zero-order valence-electron chi connectivity index (χ0n) is 11.3. The molecule has 3 N–H and O–H groups in total. The van der Waals surface area contributed by atoms with Crippen LogP contribution in [0, 0.1) is 11.2 Å². The molecule has 0 saturated carbocycles. The molecule has 2 rings (SSSR count). The highest BCUT2D eigenvalue weighted by atomic mass is 35.5. The number of benzene rings is 2. The van der Waals surface area contributed by atoms with Crippen molar-refractivity contribution < 1.29 is 13.9 Å². The van der Waals surface area contributed by atoms with Crippen LogP contribution in [0.4, 0.5) is 4.39 Å². The maximum Gasteiger partial charge on any atom is 0.142 e. The molecule has 0 heterocycles. The minimum Gasteiger partial charge on any atom is -0.496 e. The lowest BCUT2D eigenvalue weighted by Gasteiger charge is -2.11. The second-order valence-electron chi connectivity index (χ2n) is 4.31. The molecule has 0 radical (unpaired) electrons. The number of nitrogens with one attached hydrogen (secondary N) is 1. The van der Waals surface area contributed by atoms with Gasteiger partial charge in [-0.05, 0) is 29.8 Å². The van der Waals surface area contributed by atoms with Crippen LogP contribution in [0.3, 0.4) is 0 Å². The third kappa shape index (κ3) is 3.64. The number of rotatable bonds is 5. The van der Waals surface area contributed by atoms with Crippen molar-refractivity contribution >= 4 is 17.4 Å². The van der Waals surface area contributed by atoms with E-state index < -0.39 is 5.82 Å². The van der Waals surface area contributed by atoms with Crippen LogP contribution in [0.15, 0.2) is 36.4 Å². The van der Waals surface area contributed by atoms with E-state index in [9.17, 15) is 4.39 Å². The van der Waals surface area contributed by atoms with Gasteiger partial charge in [-0.2, -0.15) is 0 Å². The Hall–Kier alpha value is -2.27. The third-order valence-corrected chi connectivity index (χ3v) is 3.14. The van der Waals surface area contributed by atoms with E-state index in [1.165, 1.54) is 25.3 Å². The van der Waals surface area contributed by atoms with Crippen molar-refractivity contribution in [3.63, 3.8) is 0 Å². The SMILES string of the molecule is COc1cc(COc2ccc(F)c(Cl)c2)ccc1C(=N)N. The summed E-state index contributed by atoms with van der Waals surface area (Å²) in [5.41, 5.74) is 6.81. The first-order valence-electron chi connectivity index (χ1n) is 6.10. The predicted molar refractivity (Wildman–Crippen MR) is 79.8 cm³/mol. The highest BCUT2D eigenvalue weighted by molar-refractivity contribution is 6.30. The number of ether oxygens (including phenoxy) is 2. The van der Waals surface area contributed by atoms with Gasteiger partial charge in [-0.1, -0.05) is 17.7 Å². The van der Waals surface area contributed by atoms with Crippen LogP contribution in [0.5, 0.6) is 11.5 Å². The van der Waals surface area contributed by atoms with E-state index in [2.05, 4.69) is 0 Å². The predicted octanol–water partition coefficient (Wildman–Crippen LogP) is 3.35. The standard InChI is InChI=1S/C15H14ClFN2O2/c1-20-14-6-9(2-4-11(14)15(18)19)8-21-10-3-5-13(17)12(16)7-10/h2-7H,8H2,1H3,(H3,18,19). The van der Waals surface area contributed by atoms with Crippen molar-refractivity contribution in [3.05, 3.63) is 58.4 Å². The smallest absolute Gasteiger partial charge is 0.142 e. The fraction of sp³-hybridized carbons (Fsp3) is 0.133. The van der Waals surface area contributed by atoms with Crippen LogP contribution in [0.2, 0.25) is 5.02 Å². The first-order chi connectivity index (χ1) is 10.0. The van der Waals surface area contributed by atoms with Crippen LogP contribution in [-0.4, -0.2) is 12.9 Å². The van der Waals surface area contributed by atoms with E-state index in [0.717, 1.165) is 5.56 Å². The van der Waals surface area contributed by atoms with Crippen LogP contribution in [0.25, 0.3) is 0 Å². The van der Waals surface area contributed by atoms with Gasteiger partial charge in [-0.25, -0.2) is 4.39 Å². The lowest BCUT2D eigenvalue weighted by Crippen LogP contribution is -2.12. The fourth-order valence-corrected chi connectivity index (χ4v) is 1.95. The Bertz CT molecular complexity index is 677. The number of methoxy groups -OCH3 is 1. The summed E-state index contributed by atoms with van der Waals surface area (Å²) in [4.78, 5) is 0. The molecule has 0 amide bonds. The van der Waals surface area contributed by atoms with Gasteiger partial charge in [0, 0.05) is 6.07 Å². The zero-order valence-corrected chi connectivity index (χ0v) is 12.1. The van der Waals surface area contributed by atoms with Crippen LogP contribution < -0.4 is 15.2 Å². The van der Waals surface area contributed by atoms with E-state index in [4.69, 9.17) is 32.2 Å². The summed E-state index contributed by atoms with van der Waals surface area (Å²) in [6.45, 7) is 0.260. The molecule has 0 aromatic heterocycles. The number of nitrogen functional groups attached to an aromatic ring is 1. The monoisotopic (exact) mass is 308 g/mol. The van der Waals surface area contributed by atoms with Crippen molar-refractivity contribution in [2.45, 2.75) is 6.61 Å². The van der Waals surface area contributed by atoms with E-state index in [1.807, 2.05) is 0 Å². The van der Waals surface area contributed by atoms with E-state index >= 15 is 0 Å². The quantitative estimate of drug-likeness (QED) is 0.657. The Morgan fingerprint density at radius 1 is 1.29 bits per heavy atom. The number of nitrogens with two attached hydrogens (primary N) is 1. The summed E-state index contributed by atoms with van der Waals surface area (Å²) in [6, 6.07) is 9.38. The van der Waals surface area contributed by atoms with Crippen LogP contribution in [0.1, 0.15) is 11.1 Å². The van der Waals surface area contributed by atoms with Crippen LogP contribution in [-0.2, 0) is 6.61 Å². The molecule has 0 bridgehead atoms. The minimum atomic E-state index is -0.489. The lowest BCUT2D eigenvalue weighted by atomic mass is 10.1. The molecule has 0 aliphatic rings. The Kier molecular flexibility index (Phi) is 4.65. The second kappa shape index (κ2) is 6.45. The molecule has 0 unspecified atom stereocenters. The van der Waals surface area contributed by atoms with Crippen molar-refractivity contribution in [1.29, 1.82) is 5.41 Å². The molecule has 110 valence electrons. The Morgan fingerprint density at radius 2 is 2.05 bits per heavy atom. The topological polar surface area (TPSA) is 68.3 Å². The van der Waals surface area contributed by atoms with Gasteiger partial charge in [0.25, 0.3) is 0 Å². The number of hydrogen-bond donors (Lipinski definition) is 2. The summed E-state index contributed by atoms with van der Waals surface area (Å²) in [7, 11) is 1.51. The third-order valence-electron chi connectivity index (χ3n) is 2.85. The lowest BCUT2D eigenvalue weighted by molar-refractivity contribution is 0.304. The molecule has 2 aromatic carbocycles. The van der Waals surface area contributed by atoms with Gasteiger partial charge in [0.2, 0.25) is 0 Å². The summed E-state index contributed by atoms with van der Waals surface area (Å²) < 4.78 is 23.8. The molecule has 2 aromatic rings. The van der Waals surface area contributed by atoms with Crippen LogP contribution >= 0.6 is 11.6 Å². The summed E-state index contributed by atoms with van der Waals surface area (Å²) >= 11 is 5.69. The summed E-state index contributed by atoms with van der Waals surface area (Å²) in [6.07, 6.45) is 0. The normalized spacial score (nSPS) is 10.2. The maximum atomic E-state index is 13.0. The fourth-order valence-electron chi connectivity index (χ4n) is 1.78. The van der Waals surface area contributed by atoms with Crippen molar-refractivity contribution in [2.24, 2.45) is 5.73 Å². The number of hydrogen-bond acceptors (Lipinski definition) is 3. The van der Waals surface area contributed by atoms with Gasteiger partial charge in [0.1, 0.15) is 29.8 Å². The second-order valence-corrected chi connectivity index (χ2v) is 4.72. The number of amidine groups is 1. The molecule has 0 spiro atoms. The minimum absolute atomic E-state index is 0.0111. The van der Waals surface area contributed by atoms with Gasteiger partial charge in [0.05, 0.1) is 17.7 Å². The molecule has 6 heteroatoms. The highest BCUT2D eigenvalue weighted by Gasteiger charge is 2.08. The molecular formula is C15H14ClFN2O2. The maximum absolute atomic E-state index is 13.0. The zero-order chi connectivity index (χ0) is 15.4. The average molecular weight is 309 g/mol. The Morgan fingerprint density at radius 3 is 2.67 bits per heavy atom. The summed E-state index contributed by atoms with van der Waals surface area (Å²) in [5, 5.41) is 7.46. The van der Waals surface area contributed by atoms with E-state index in [-0.39, 0.29) is 17.5 Å². The van der Waals surface area contributed by atoms with E-state index in [0.29, 0.717) is 17.1 Å². The summed E-state index contributed by atoms with van der Waals surface area (Å²) in [5.74, 6) is 0.415. The van der Waals surface area contributed by atoms with Gasteiger partial charge >= 0.3 is 0 Å². The first-order valence-corrected chi connectivity index (χ1v) is 6.48. The van der Waals surface area contributed by atoms with Gasteiger partial charge in [-0.3, -0.25) is 5.41 Å². The molecule has 0 fully saturated rings. The Balaban J connectivity index is 2.13. The molecule has 0 atom stereocenters. The van der Waals surface area contributed by atoms with Gasteiger partial charge in [-0.15, -0.1) is 0 Å². The number of halogens is 2. The van der Waals surface area contributed by atoms with Gasteiger partial charge < -0.3 is 15.2 Å². The molecule has 0 aliphatic heterocycles. The first kappa shape index (κ1) is 15.1. The Labute approximate surface area is 126 Å². The van der Waals surface area contributed by atoms with Crippen molar-refractivity contribution in [3.8, 4) is 11.5 Å². The van der Waals surface area contributed by atoms with Crippen molar-refractivity contribution in [2.75, 3.05) is 7.11 Å². The average Bonchev–Trinajstić information content (AvgIpc) is 2.48. The largest absolute Gasteiger partial charge is 0.496 e. The molecule has 4 nitrogen and oxygen atoms in total. The van der Waals surface area contributed by atoms with Gasteiger partial charge in [0.15, 0.2) is 0 Å². The molecular weight excluding hydrogens is 295 g/mol. The van der Waals surface area contributed by atoms with E-state index in [1.54, 1.807) is 18.2 Å². The van der Waals surface area contributed by atoms with Crippen molar-refractivity contribution in [1.82, 2.24) is 0 Å². The molecule has 0 aliphatic carbocycles. The highest BCUT2D eigenvalue weighted by Crippen LogP contribution is 2.24. The molecule has 0 saturated heterocycles. The molecule has 21 heavy (non-hydrogen) atoms.